The van der Waals surface area contributed by atoms with Crippen LogP contribution in [0.4, 0.5) is 11.5 Å². The van der Waals surface area contributed by atoms with Crippen LogP contribution < -0.4 is 16.0 Å². The lowest BCUT2D eigenvalue weighted by Crippen LogP contribution is -2.37. The highest BCUT2D eigenvalue weighted by Crippen LogP contribution is 2.22. The van der Waals surface area contributed by atoms with Gasteiger partial charge in [-0.25, -0.2) is 4.98 Å². The molecule has 18 heavy (non-hydrogen) atoms. The second kappa shape index (κ2) is 5.32. The number of nitrogens with one attached hydrogen (secondary N) is 1. The molecule has 3 N–H and O–H groups in total. The number of hydrogen-bond acceptors (Lipinski definition) is 5. The van der Waals surface area contributed by atoms with Crippen molar-refractivity contribution in [2.45, 2.75) is 6.04 Å². The molecule has 1 amide bonds. The van der Waals surface area contributed by atoms with Gasteiger partial charge < -0.3 is 20.7 Å². The highest BCUT2D eigenvalue weighted by molar-refractivity contribution is 5.95. The molecular weight excluding hydrogens is 232 g/mol. The van der Waals surface area contributed by atoms with Gasteiger partial charge in [-0.05, 0) is 12.1 Å². The number of amides is 1. The molecule has 0 aliphatic carbocycles. The Kier molecular flexibility index (Phi) is 3.78. The fourth-order valence-corrected chi connectivity index (χ4v) is 1.92. The number of anilines is 2. The quantitative estimate of drug-likeness (QED) is 0.793. The topological polar surface area (TPSA) is 80.5 Å². The summed E-state index contributed by atoms with van der Waals surface area (Å²) in [5.74, 6) is 0.314. The van der Waals surface area contributed by atoms with Crippen LogP contribution in [0.2, 0.25) is 0 Å². The van der Waals surface area contributed by atoms with Crippen molar-refractivity contribution in [3.05, 3.63) is 18.3 Å². The van der Waals surface area contributed by atoms with Crippen molar-refractivity contribution < 1.29 is 9.53 Å². The van der Waals surface area contributed by atoms with E-state index in [2.05, 4.69) is 10.3 Å². The molecule has 0 bridgehead atoms. The summed E-state index contributed by atoms with van der Waals surface area (Å²) in [6, 6.07) is 3.37. The van der Waals surface area contributed by atoms with Crippen molar-refractivity contribution in [2.24, 2.45) is 11.7 Å². The minimum absolute atomic E-state index is 0.115. The van der Waals surface area contributed by atoms with Crippen LogP contribution in [0.5, 0.6) is 0 Å². The van der Waals surface area contributed by atoms with E-state index in [1.54, 1.807) is 12.3 Å². The average molecular weight is 250 g/mol. The molecule has 0 radical (unpaired) electrons. The summed E-state index contributed by atoms with van der Waals surface area (Å²) in [4.78, 5) is 18.2. The van der Waals surface area contributed by atoms with Crippen molar-refractivity contribution in [1.29, 1.82) is 0 Å². The molecule has 6 nitrogen and oxygen atoms in total. The SMILES string of the molecule is CN(C)c1ncccc1NC(=O)C1COCC1N. The standard InChI is InChI=1S/C12H18N4O2/c1-16(2)11-10(4-3-5-14-11)15-12(17)8-6-18-7-9(8)13/h3-5,8-9H,6-7,13H2,1-2H3,(H,15,17). The molecule has 0 aromatic carbocycles. The maximum atomic E-state index is 12.1. The maximum absolute atomic E-state index is 12.1. The van der Waals surface area contributed by atoms with Crippen molar-refractivity contribution in [3.8, 4) is 0 Å². The molecule has 1 aromatic heterocycles. The Morgan fingerprint density at radius 2 is 2.33 bits per heavy atom. The molecule has 2 atom stereocenters. The lowest BCUT2D eigenvalue weighted by atomic mass is 10.0. The van der Waals surface area contributed by atoms with Gasteiger partial charge in [0.05, 0.1) is 24.8 Å². The number of ether oxygens (including phenoxy) is 1. The largest absolute Gasteiger partial charge is 0.379 e. The number of carbonyl (C=O) groups excluding carboxylic acids is 1. The monoisotopic (exact) mass is 250 g/mol. The second-order valence-electron chi connectivity index (χ2n) is 4.57. The fraction of sp³-hybridized carbons (Fsp3) is 0.500. The van der Waals surface area contributed by atoms with Gasteiger partial charge in [0, 0.05) is 26.3 Å². The van der Waals surface area contributed by atoms with E-state index in [9.17, 15) is 4.79 Å². The van der Waals surface area contributed by atoms with E-state index in [1.807, 2.05) is 25.1 Å². The Morgan fingerprint density at radius 3 is 2.94 bits per heavy atom. The summed E-state index contributed by atoms with van der Waals surface area (Å²) >= 11 is 0. The maximum Gasteiger partial charge on any atom is 0.231 e. The van der Waals surface area contributed by atoms with Gasteiger partial charge in [0.25, 0.3) is 0 Å². The summed E-state index contributed by atoms with van der Waals surface area (Å²) in [5.41, 5.74) is 6.51. The summed E-state index contributed by atoms with van der Waals surface area (Å²) in [6.45, 7) is 0.816. The Labute approximate surface area is 106 Å². The normalized spacial score (nSPS) is 22.8. The van der Waals surface area contributed by atoms with E-state index in [1.165, 1.54) is 0 Å². The first-order chi connectivity index (χ1) is 8.59. The number of hydrogen-bond donors (Lipinski definition) is 2. The van der Waals surface area contributed by atoms with Crippen LogP contribution in [0.3, 0.4) is 0 Å². The Hall–Kier alpha value is -1.66. The molecule has 2 unspecified atom stereocenters. The Balaban J connectivity index is 2.11. The zero-order chi connectivity index (χ0) is 13.1. The molecule has 98 valence electrons. The molecule has 6 heteroatoms. The summed E-state index contributed by atoms with van der Waals surface area (Å²) in [6.07, 6.45) is 1.69. The van der Waals surface area contributed by atoms with Crippen molar-refractivity contribution in [3.63, 3.8) is 0 Å². The average Bonchev–Trinajstić information content (AvgIpc) is 2.76. The van der Waals surface area contributed by atoms with Crippen LogP contribution in [-0.2, 0) is 9.53 Å². The molecule has 2 heterocycles. The fourth-order valence-electron chi connectivity index (χ4n) is 1.92. The van der Waals surface area contributed by atoms with Gasteiger partial charge in [-0.15, -0.1) is 0 Å². The lowest BCUT2D eigenvalue weighted by molar-refractivity contribution is -0.120. The predicted molar refractivity (Wildman–Crippen MR) is 69.5 cm³/mol. The highest BCUT2D eigenvalue weighted by Gasteiger charge is 2.31. The van der Waals surface area contributed by atoms with Crippen LogP contribution in [-0.4, -0.2) is 44.2 Å². The minimum Gasteiger partial charge on any atom is -0.379 e. The zero-order valence-electron chi connectivity index (χ0n) is 10.6. The third-order valence-electron chi connectivity index (χ3n) is 2.93. The van der Waals surface area contributed by atoms with Gasteiger partial charge in [-0.1, -0.05) is 0 Å². The van der Waals surface area contributed by atoms with E-state index in [0.717, 1.165) is 5.82 Å². The van der Waals surface area contributed by atoms with E-state index in [4.69, 9.17) is 10.5 Å². The van der Waals surface area contributed by atoms with E-state index in [-0.39, 0.29) is 17.9 Å². The number of aromatic nitrogens is 1. The first-order valence-electron chi connectivity index (χ1n) is 5.86. The Morgan fingerprint density at radius 1 is 1.56 bits per heavy atom. The molecule has 0 saturated carbocycles. The van der Waals surface area contributed by atoms with Gasteiger partial charge in [0.15, 0.2) is 5.82 Å². The summed E-state index contributed by atoms with van der Waals surface area (Å²) in [5, 5.41) is 2.86. The molecule has 1 aliphatic heterocycles. The van der Waals surface area contributed by atoms with Crippen LogP contribution >= 0.6 is 0 Å². The number of nitrogens with two attached hydrogens (primary N) is 1. The number of carbonyl (C=O) groups is 1. The number of pyridine rings is 1. The summed E-state index contributed by atoms with van der Waals surface area (Å²) in [7, 11) is 3.75. The third-order valence-corrected chi connectivity index (χ3v) is 2.93. The van der Waals surface area contributed by atoms with Crippen LogP contribution in [0.1, 0.15) is 0 Å². The van der Waals surface area contributed by atoms with Crippen molar-refractivity contribution in [1.82, 2.24) is 4.98 Å². The van der Waals surface area contributed by atoms with Crippen LogP contribution in [0.15, 0.2) is 18.3 Å². The van der Waals surface area contributed by atoms with Gasteiger partial charge >= 0.3 is 0 Å². The van der Waals surface area contributed by atoms with Gasteiger partial charge in [0.1, 0.15) is 0 Å². The van der Waals surface area contributed by atoms with Crippen molar-refractivity contribution >= 4 is 17.4 Å². The molecule has 1 fully saturated rings. The predicted octanol–water partition coefficient (Wildman–Crippen LogP) is 0.0598. The zero-order valence-corrected chi connectivity index (χ0v) is 10.6. The minimum atomic E-state index is -0.291. The van der Waals surface area contributed by atoms with Crippen LogP contribution in [0.25, 0.3) is 0 Å². The van der Waals surface area contributed by atoms with Crippen LogP contribution in [0, 0.1) is 5.92 Å². The van der Waals surface area contributed by atoms with E-state index in [0.29, 0.717) is 18.9 Å². The smallest absolute Gasteiger partial charge is 0.231 e. The lowest BCUT2D eigenvalue weighted by Gasteiger charge is -2.18. The third kappa shape index (κ3) is 2.60. The molecule has 1 saturated heterocycles. The molecular formula is C12H18N4O2. The second-order valence-corrected chi connectivity index (χ2v) is 4.57. The number of nitrogens with zero attached hydrogens (tertiary/aromatic N) is 2. The first kappa shape index (κ1) is 12.8. The molecule has 2 rings (SSSR count). The van der Waals surface area contributed by atoms with Gasteiger partial charge in [-0.2, -0.15) is 0 Å². The molecule has 1 aliphatic rings. The molecule has 1 aromatic rings. The first-order valence-corrected chi connectivity index (χ1v) is 5.86. The van der Waals surface area contributed by atoms with Gasteiger partial charge in [-0.3, -0.25) is 4.79 Å². The molecule has 0 spiro atoms. The van der Waals surface area contributed by atoms with E-state index >= 15 is 0 Å². The number of rotatable bonds is 3. The summed E-state index contributed by atoms with van der Waals surface area (Å²) < 4.78 is 5.19. The highest BCUT2D eigenvalue weighted by atomic mass is 16.5. The van der Waals surface area contributed by atoms with Crippen molar-refractivity contribution in [2.75, 3.05) is 37.5 Å². The van der Waals surface area contributed by atoms with E-state index < -0.39 is 0 Å². The van der Waals surface area contributed by atoms with Gasteiger partial charge in [0.2, 0.25) is 5.91 Å². The Bertz CT molecular complexity index is 436.